The highest BCUT2D eigenvalue weighted by atomic mass is 35.5. The number of aromatic amines is 1. The number of halogens is 1. The van der Waals surface area contributed by atoms with Crippen molar-refractivity contribution in [3.8, 4) is 0 Å². The summed E-state index contributed by atoms with van der Waals surface area (Å²) in [5.41, 5.74) is 1.70. The standard InChI is InChI=1S/C19H24ClN3O/c20-16-3-1-15(2-4-16)11-17-12-19(14-24-17)5-9-23(10-6-19)13-18-21-7-8-22-18/h1-4,7-8,17H,5-6,9-14H2,(H,21,22). The maximum Gasteiger partial charge on any atom is 0.120 e. The number of aromatic nitrogens is 2. The van der Waals surface area contributed by atoms with Crippen molar-refractivity contribution < 1.29 is 4.74 Å². The molecule has 2 fully saturated rings. The largest absolute Gasteiger partial charge is 0.377 e. The maximum absolute atomic E-state index is 6.15. The van der Waals surface area contributed by atoms with E-state index in [9.17, 15) is 0 Å². The summed E-state index contributed by atoms with van der Waals surface area (Å²) >= 11 is 5.97. The summed E-state index contributed by atoms with van der Waals surface area (Å²) in [6.45, 7) is 4.12. The number of H-pyrrole nitrogens is 1. The molecule has 1 spiro atoms. The van der Waals surface area contributed by atoms with Crippen molar-refractivity contribution >= 4 is 11.6 Å². The van der Waals surface area contributed by atoms with Gasteiger partial charge in [0.15, 0.2) is 0 Å². The van der Waals surface area contributed by atoms with E-state index in [1.807, 2.05) is 24.5 Å². The quantitative estimate of drug-likeness (QED) is 0.919. The van der Waals surface area contributed by atoms with Crippen molar-refractivity contribution in [3.05, 3.63) is 53.1 Å². The summed E-state index contributed by atoms with van der Waals surface area (Å²) in [5, 5.41) is 0.798. The normalized spacial score (nSPS) is 23.8. The molecule has 1 aromatic carbocycles. The lowest BCUT2D eigenvalue weighted by Crippen LogP contribution is -2.40. The first-order chi connectivity index (χ1) is 11.7. The van der Waals surface area contributed by atoms with E-state index in [1.54, 1.807) is 0 Å². The zero-order chi connectivity index (χ0) is 16.4. The molecule has 128 valence electrons. The Morgan fingerprint density at radius 1 is 1.25 bits per heavy atom. The number of nitrogens with zero attached hydrogens (tertiary/aromatic N) is 2. The van der Waals surface area contributed by atoms with Gasteiger partial charge >= 0.3 is 0 Å². The zero-order valence-corrected chi connectivity index (χ0v) is 14.6. The second kappa shape index (κ2) is 6.87. The molecule has 24 heavy (non-hydrogen) atoms. The van der Waals surface area contributed by atoms with Crippen LogP contribution in [0.15, 0.2) is 36.7 Å². The summed E-state index contributed by atoms with van der Waals surface area (Å²) in [7, 11) is 0. The average molecular weight is 346 g/mol. The van der Waals surface area contributed by atoms with Gasteiger partial charge < -0.3 is 9.72 Å². The number of hydrogen-bond acceptors (Lipinski definition) is 3. The molecular formula is C19H24ClN3O. The molecular weight excluding hydrogens is 322 g/mol. The van der Waals surface area contributed by atoms with Gasteiger partial charge in [0.25, 0.3) is 0 Å². The molecule has 2 saturated heterocycles. The number of nitrogens with one attached hydrogen (secondary N) is 1. The van der Waals surface area contributed by atoms with E-state index in [-0.39, 0.29) is 0 Å². The molecule has 0 amide bonds. The summed E-state index contributed by atoms with van der Waals surface area (Å²) < 4.78 is 6.15. The van der Waals surface area contributed by atoms with Gasteiger partial charge in [-0.1, -0.05) is 23.7 Å². The Balaban J connectivity index is 1.29. The third kappa shape index (κ3) is 3.66. The highest BCUT2D eigenvalue weighted by Gasteiger charge is 2.42. The molecule has 1 N–H and O–H groups in total. The van der Waals surface area contributed by atoms with Gasteiger partial charge in [-0.2, -0.15) is 0 Å². The SMILES string of the molecule is Clc1ccc(CC2CC3(CCN(Cc4ncc[nH]4)CC3)CO2)cc1. The third-order valence-electron chi connectivity index (χ3n) is 5.51. The molecule has 1 aromatic heterocycles. The van der Waals surface area contributed by atoms with Crippen LogP contribution in [0.2, 0.25) is 5.02 Å². The summed E-state index contributed by atoms with van der Waals surface area (Å²) in [6.07, 6.45) is 8.71. The van der Waals surface area contributed by atoms with Crippen LogP contribution >= 0.6 is 11.6 Å². The summed E-state index contributed by atoms with van der Waals surface area (Å²) in [6, 6.07) is 8.16. The van der Waals surface area contributed by atoms with Crippen molar-refractivity contribution in [2.45, 2.75) is 38.3 Å². The van der Waals surface area contributed by atoms with Crippen LogP contribution in [0, 0.1) is 5.41 Å². The van der Waals surface area contributed by atoms with Crippen molar-refractivity contribution in [1.29, 1.82) is 0 Å². The minimum atomic E-state index is 0.350. The molecule has 2 aromatic rings. The van der Waals surface area contributed by atoms with E-state index >= 15 is 0 Å². The maximum atomic E-state index is 6.15. The van der Waals surface area contributed by atoms with E-state index in [1.165, 1.54) is 24.8 Å². The van der Waals surface area contributed by atoms with Gasteiger partial charge in [0.1, 0.15) is 5.82 Å². The lowest BCUT2D eigenvalue weighted by Gasteiger charge is -2.38. The van der Waals surface area contributed by atoms with Crippen LogP contribution in [0.25, 0.3) is 0 Å². The smallest absolute Gasteiger partial charge is 0.120 e. The monoisotopic (exact) mass is 345 g/mol. The van der Waals surface area contributed by atoms with Gasteiger partial charge in [-0.25, -0.2) is 4.98 Å². The molecule has 2 aliphatic heterocycles. The molecule has 5 heteroatoms. The second-order valence-electron chi connectivity index (χ2n) is 7.28. The van der Waals surface area contributed by atoms with Gasteiger partial charge in [0.05, 0.1) is 19.3 Å². The van der Waals surface area contributed by atoms with Crippen molar-refractivity contribution in [3.63, 3.8) is 0 Å². The number of rotatable bonds is 4. The highest BCUT2D eigenvalue weighted by Crippen LogP contribution is 2.42. The Kier molecular flexibility index (Phi) is 4.61. The molecule has 0 radical (unpaired) electrons. The van der Waals surface area contributed by atoms with Gasteiger partial charge in [0.2, 0.25) is 0 Å². The first kappa shape index (κ1) is 16.1. The van der Waals surface area contributed by atoms with Crippen LogP contribution in [0.1, 0.15) is 30.7 Å². The van der Waals surface area contributed by atoms with E-state index in [0.717, 1.165) is 43.5 Å². The second-order valence-corrected chi connectivity index (χ2v) is 7.72. The molecule has 0 saturated carbocycles. The number of hydrogen-bond donors (Lipinski definition) is 1. The first-order valence-corrected chi connectivity index (χ1v) is 9.15. The van der Waals surface area contributed by atoms with Gasteiger partial charge in [-0.3, -0.25) is 4.90 Å². The molecule has 2 aliphatic rings. The van der Waals surface area contributed by atoms with Crippen molar-refractivity contribution in [1.82, 2.24) is 14.9 Å². The van der Waals surface area contributed by atoms with Crippen molar-refractivity contribution in [2.24, 2.45) is 5.41 Å². The Hall–Kier alpha value is -1.36. The van der Waals surface area contributed by atoms with E-state index in [4.69, 9.17) is 16.3 Å². The fourth-order valence-electron chi connectivity index (χ4n) is 4.04. The van der Waals surface area contributed by atoms with Crippen LogP contribution < -0.4 is 0 Å². The van der Waals surface area contributed by atoms with Gasteiger partial charge in [-0.05, 0) is 61.9 Å². The van der Waals surface area contributed by atoms with E-state index < -0.39 is 0 Å². The summed E-state index contributed by atoms with van der Waals surface area (Å²) in [5.74, 6) is 1.06. The van der Waals surface area contributed by atoms with Crippen LogP contribution in [0.5, 0.6) is 0 Å². The fourth-order valence-corrected chi connectivity index (χ4v) is 4.17. The molecule has 1 unspecified atom stereocenters. The van der Waals surface area contributed by atoms with Crippen LogP contribution in [0.4, 0.5) is 0 Å². The highest BCUT2D eigenvalue weighted by molar-refractivity contribution is 6.30. The Labute approximate surface area is 148 Å². The van der Waals surface area contributed by atoms with Crippen LogP contribution in [-0.2, 0) is 17.7 Å². The first-order valence-electron chi connectivity index (χ1n) is 8.78. The van der Waals surface area contributed by atoms with Gasteiger partial charge in [0, 0.05) is 17.4 Å². The Bertz CT molecular complexity index is 648. The number of piperidine rings is 1. The Morgan fingerprint density at radius 2 is 2.04 bits per heavy atom. The van der Waals surface area contributed by atoms with Crippen LogP contribution in [-0.4, -0.2) is 40.7 Å². The average Bonchev–Trinajstić information content (AvgIpc) is 3.23. The minimum absolute atomic E-state index is 0.350. The molecule has 4 nitrogen and oxygen atoms in total. The van der Waals surface area contributed by atoms with E-state index in [2.05, 4.69) is 27.0 Å². The van der Waals surface area contributed by atoms with Crippen LogP contribution in [0.3, 0.4) is 0 Å². The van der Waals surface area contributed by atoms with Crippen molar-refractivity contribution in [2.75, 3.05) is 19.7 Å². The molecule has 1 atom stereocenters. The number of ether oxygens (including phenoxy) is 1. The predicted octanol–water partition coefficient (Wildman–Crippen LogP) is 3.68. The predicted molar refractivity (Wildman–Crippen MR) is 95.0 cm³/mol. The zero-order valence-electron chi connectivity index (χ0n) is 13.9. The molecule has 4 rings (SSSR count). The lowest BCUT2D eigenvalue weighted by molar-refractivity contribution is 0.0625. The lowest BCUT2D eigenvalue weighted by atomic mass is 9.76. The summed E-state index contributed by atoms with van der Waals surface area (Å²) in [4.78, 5) is 10.0. The molecule has 3 heterocycles. The number of benzene rings is 1. The minimum Gasteiger partial charge on any atom is -0.377 e. The molecule has 0 aliphatic carbocycles. The topological polar surface area (TPSA) is 41.2 Å². The van der Waals surface area contributed by atoms with Gasteiger partial charge in [-0.15, -0.1) is 0 Å². The fraction of sp³-hybridized carbons (Fsp3) is 0.526. The Morgan fingerprint density at radius 3 is 2.75 bits per heavy atom. The number of imidazole rings is 1. The van der Waals surface area contributed by atoms with E-state index in [0.29, 0.717) is 11.5 Å². The molecule has 0 bridgehead atoms. The number of likely N-dealkylation sites (tertiary alicyclic amines) is 1. The third-order valence-corrected chi connectivity index (χ3v) is 5.76.